The van der Waals surface area contributed by atoms with Gasteiger partial charge in [0.05, 0.1) is 0 Å². The van der Waals surface area contributed by atoms with Crippen LogP contribution in [-0.4, -0.2) is 12.0 Å². The molecule has 0 aromatic heterocycles. The topological polar surface area (TPSA) is 9.23 Å². The standard InChI is InChI=1S/C12H14F2O/c1-2-9-3-5-10(6-4-9)15-11-7-12(13,14)8-11/h3-6,11H,2,7-8H2,1H3. The minimum absolute atomic E-state index is 0.150. The highest BCUT2D eigenvalue weighted by atomic mass is 19.3. The van der Waals surface area contributed by atoms with Crippen molar-refractivity contribution in [3.63, 3.8) is 0 Å². The first-order valence-electron chi connectivity index (χ1n) is 5.22. The van der Waals surface area contributed by atoms with Crippen molar-refractivity contribution in [2.24, 2.45) is 0 Å². The van der Waals surface area contributed by atoms with Gasteiger partial charge in [-0.25, -0.2) is 8.78 Å². The van der Waals surface area contributed by atoms with Crippen molar-refractivity contribution in [1.29, 1.82) is 0 Å². The molecule has 1 saturated carbocycles. The molecule has 0 N–H and O–H groups in total. The molecule has 1 nitrogen and oxygen atoms in total. The molecule has 82 valence electrons. The minimum Gasteiger partial charge on any atom is -0.490 e. The van der Waals surface area contributed by atoms with Crippen LogP contribution in [0.1, 0.15) is 25.3 Å². The number of aryl methyl sites for hydroxylation is 1. The summed E-state index contributed by atoms with van der Waals surface area (Å²) in [5.41, 5.74) is 1.22. The van der Waals surface area contributed by atoms with Gasteiger partial charge in [-0.2, -0.15) is 0 Å². The van der Waals surface area contributed by atoms with Crippen LogP contribution >= 0.6 is 0 Å². The second-order valence-electron chi connectivity index (χ2n) is 4.00. The van der Waals surface area contributed by atoms with Gasteiger partial charge in [0.25, 0.3) is 5.92 Å². The van der Waals surface area contributed by atoms with E-state index in [9.17, 15) is 8.78 Å². The largest absolute Gasteiger partial charge is 0.490 e. The molecule has 0 bridgehead atoms. The lowest BCUT2D eigenvalue weighted by Crippen LogP contribution is -2.43. The quantitative estimate of drug-likeness (QED) is 0.745. The molecule has 0 atom stereocenters. The molecular formula is C12H14F2O. The highest BCUT2D eigenvalue weighted by molar-refractivity contribution is 5.27. The van der Waals surface area contributed by atoms with Crippen LogP contribution in [-0.2, 0) is 6.42 Å². The van der Waals surface area contributed by atoms with Crippen LogP contribution in [0.15, 0.2) is 24.3 Å². The van der Waals surface area contributed by atoms with Gasteiger partial charge in [-0.3, -0.25) is 0 Å². The highest BCUT2D eigenvalue weighted by Crippen LogP contribution is 2.39. The molecule has 2 rings (SSSR count). The Bertz CT molecular complexity index is 324. The van der Waals surface area contributed by atoms with E-state index >= 15 is 0 Å². The van der Waals surface area contributed by atoms with Crippen molar-refractivity contribution in [3.05, 3.63) is 29.8 Å². The van der Waals surface area contributed by atoms with E-state index in [2.05, 4.69) is 6.92 Å². The van der Waals surface area contributed by atoms with E-state index in [-0.39, 0.29) is 18.9 Å². The lowest BCUT2D eigenvalue weighted by molar-refractivity contribution is -0.134. The maximum atomic E-state index is 12.5. The fourth-order valence-corrected chi connectivity index (χ4v) is 1.69. The monoisotopic (exact) mass is 212 g/mol. The molecule has 3 heteroatoms. The SMILES string of the molecule is CCc1ccc(OC2CC(F)(F)C2)cc1. The highest BCUT2D eigenvalue weighted by Gasteiger charge is 2.46. The zero-order valence-electron chi connectivity index (χ0n) is 8.67. The first-order valence-corrected chi connectivity index (χ1v) is 5.22. The summed E-state index contributed by atoms with van der Waals surface area (Å²) in [5, 5.41) is 0. The Balaban J connectivity index is 1.89. The molecule has 1 aromatic carbocycles. The van der Waals surface area contributed by atoms with E-state index in [0.717, 1.165) is 6.42 Å². The smallest absolute Gasteiger partial charge is 0.255 e. The zero-order valence-corrected chi connectivity index (χ0v) is 8.67. The maximum Gasteiger partial charge on any atom is 0.255 e. The predicted molar refractivity (Wildman–Crippen MR) is 54.4 cm³/mol. The molecule has 0 saturated heterocycles. The summed E-state index contributed by atoms with van der Waals surface area (Å²) < 4.78 is 30.5. The van der Waals surface area contributed by atoms with Gasteiger partial charge in [0, 0.05) is 12.8 Å². The molecule has 1 aliphatic rings. The fourth-order valence-electron chi connectivity index (χ4n) is 1.69. The molecule has 0 spiro atoms. The van der Waals surface area contributed by atoms with E-state index in [0.29, 0.717) is 5.75 Å². The fraction of sp³-hybridized carbons (Fsp3) is 0.500. The summed E-state index contributed by atoms with van der Waals surface area (Å²) in [6.45, 7) is 2.07. The van der Waals surface area contributed by atoms with Crippen molar-refractivity contribution in [2.45, 2.75) is 38.2 Å². The van der Waals surface area contributed by atoms with Gasteiger partial charge < -0.3 is 4.74 Å². The lowest BCUT2D eigenvalue weighted by atomic mass is 9.91. The number of ether oxygens (including phenoxy) is 1. The van der Waals surface area contributed by atoms with Crippen LogP contribution in [0.2, 0.25) is 0 Å². The van der Waals surface area contributed by atoms with Crippen LogP contribution in [0.25, 0.3) is 0 Å². The summed E-state index contributed by atoms with van der Waals surface area (Å²) in [6.07, 6.45) is 0.361. The van der Waals surface area contributed by atoms with Gasteiger partial charge in [0.1, 0.15) is 11.9 Å². The average molecular weight is 212 g/mol. The Morgan fingerprint density at radius 3 is 2.33 bits per heavy atom. The summed E-state index contributed by atoms with van der Waals surface area (Å²) in [4.78, 5) is 0. The number of benzene rings is 1. The van der Waals surface area contributed by atoms with Crippen molar-refractivity contribution in [2.75, 3.05) is 0 Å². The van der Waals surface area contributed by atoms with E-state index < -0.39 is 5.92 Å². The Labute approximate surface area is 88.1 Å². The predicted octanol–water partition coefficient (Wildman–Crippen LogP) is 3.43. The molecule has 1 aromatic rings. The summed E-state index contributed by atoms with van der Waals surface area (Å²) >= 11 is 0. The average Bonchev–Trinajstić information content (AvgIpc) is 2.16. The number of hydrogen-bond acceptors (Lipinski definition) is 1. The van der Waals surface area contributed by atoms with E-state index in [1.54, 1.807) is 0 Å². The van der Waals surface area contributed by atoms with E-state index in [1.807, 2.05) is 24.3 Å². The minimum atomic E-state index is -2.51. The maximum absolute atomic E-state index is 12.5. The Hall–Kier alpha value is -1.12. The third kappa shape index (κ3) is 2.46. The van der Waals surface area contributed by atoms with Crippen molar-refractivity contribution in [1.82, 2.24) is 0 Å². The second kappa shape index (κ2) is 3.80. The van der Waals surface area contributed by atoms with Gasteiger partial charge >= 0.3 is 0 Å². The molecule has 15 heavy (non-hydrogen) atoms. The van der Waals surface area contributed by atoms with Crippen molar-refractivity contribution in [3.8, 4) is 5.75 Å². The molecule has 1 aliphatic carbocycles. The third-order valence-corrected chi connectivity index (χ3v) is 2.69. The zero-order chi connectivity index (χ0) is 10.9. The number of rotatable bonds is 3. The molecule has 0 aliphatic heterocycles. The third-order valence-electron chi connectivity index (χ3n) is 2.69. The van der Waals surface area contributed by atoms with Crippen LogP contribution in [0.4, 0.5) is 8.78 Å². The van der Waals surface area contributed by atoms with Gasteiger partial charge in [-0.1, -0.05) is 19.1 Å². The van der Waals surface area contributed by atoms with Crippen molar-refractivity contribution >= 4 is 0 Å². The van der Waals surface area contributed by atoms with Crippen LogP contribution < -0.4 is 4.74 Å². The molecule has 0 unspecified atom stereocenters. The summed E-state index contributed by atoms with van der Waals surface area (Å²) in [5.74, 6) is -1.82. The number of halogens is 2. The molecular weight excluding hydrogens is 198 g/mol. The van der Waals surface area contributed by atoms with Gasteiger partial charge in [0.15, 0.2) is 0 Å². The Kier molecular flexibility index (Phi) is 2.63. The summed E-state index contributed by atoms with van der Waals surface area (Å²) in [6, 6.07) is 7.61. The molecule has 1 fully saturated rings. The number of hydrogen-bond donors (Lipinski definition) is 0. The van der Waals surface area contributed by atoms with Crippen molar-refractivity contribution < 1.29 is 13.5 Å². The second-order valence-corrected chi connectivity index (χ2v) is 4.00. The molecule has 0 amide bonds. The van der Waals surface area contributed by atoms with Gasteiger partial charge in [-0.05, 0) is 24.1 Å². The van der Waals surface area contributed by atoms with E-state index in [4.69, 9.17) is 4.74 Å². The molecule has 0 radical (unpaired) electrons. The summed E-state index contributed by atoms with van der Waals surface area (Å²) in [7, 11) is 0. The first-order chi connectivity index (χ1) is 7.09. The van der Waals surface area contributed by atoms with Crippen LogP contribution in [0, 0.1) is 0 Å². The molecule has 0 heterocycles. The Morgan fingerprint density at radius 2 is 1.87 bits per heavy atom. The van der Waals surface area contributed by atoms with Gasteiger partial charge in [-0.15, -0.1) is 0 Å². The van der Waals surface area contributed by atoms with E-state index in [1.165, 1.54) is 5.56 Å². The van der Waals surface area contributed by atoms with Crippen LogP contribution in [0.5, 0.6) is 5.75 Å². The normalized spacial score (nSPS) is 19.7. The Morgan fingerprint density at radius 1 is 1.27 bits per heavy atom. The van der Waals surface area contributed by atoms with Crippen LogP contribution in [0.3, 0.4) is 0 Å². The first kappa shape index (κ1) is 10.4. The lowest BCUT2D eigenvalue weighted by Gasteiger charge is -2.34. The van der Waals surface area contributed by atoms with Gasteiger partial charge in [0.2, 0.25) is 0 Å². The number of alkyl halides is 2.